The molecule has 3 heterocycles. The summed E-state index contributed by atoms with van der Waals surface area (Å²) in [5.41, 5.74) is 1.64. The third-order valence-corrected chi connectivity index (χ3v) is 12.9. The highest BCUT2D eigenvalue weighted by Gasteiger charge is 2.56. The third kappa shape index (κ3) is 15.2. The number of Topliss-reactive ketones (excluding diaryl/α,β-unsaturated/α-hetero) is 2. The zero-order chi connectivity index (χ0) is 46.9. The molecule has 13 heteroatoms. The maximum Gasteiger partial charge on any atom is 0.329 e. The largest absolute Gasteiger partial charge is 0.456 e. The third-order valence-electron chi connectivity index (χ3n) is 12.9. The molecule has 1 amide bonds. The van der Waals surface area contributed by atoms with Gasteiger partial charge in [0.2, 0.25) is 5.79 Å². The van der Waals surface area contributed by atoms with Crippen LogP contribution in [0.5, 0.6) is 0 Å². The van der Waals surface area contributed by atoms with Crippen molar-refractivity contribution >= 4 is 23.4 Å². The van der Waals surface area contributed by atoms with E-state index >= 15 is 0 Å². The first kappa shape index (κ1) is 55.4. The number of nitrogens with zero attached hydrogens (tertiary/aromatic N) is 1. The lowest BCUT2D eigenvalue weighted by Gasteiger charge is -2.47. The van der Waals surface area contributed by atoms with Gasteiger partial charge in [-0.3, -0.25) is 14.4 Å². The molecule has 3 aliphatic heterocycles. The molecule has 4 rings (SSSR count). The van der Waals surface area contributed by atoms with Crippen molar-refractivity contribution in [2.24, 2.45) is 29.6 Å². The predicted molar refractivity (Wildman–Crippen MR) is 240 cm³/mol. The summed E-state index contributed by atoms with van der Waals surface area (Å²) >= 11 is 0. The molecule has 0 aromatic carbocycles. The lowest BCUT2D eigenvalue weighted by atomic mass is 9.82. The number of hydrogen-bond donors (Lipinski definition) is 3. The lowest BCUT2D eigenvalue weighted by Crippen LogP contribution is -2.64. The molecule has 4 aliphatic rings. The Kier molecular flexibility index (Phi) is 24.0. The number of carbonyl (C=O) groups is 4. The van der Waals surface area contributed by atoms with Crippen LogP contribution in [0.1, 0.15) is 139 Å². The maximum absolute atomic E-state index is 14.2. The van der Waals surface area contributed by atoms with Crippen LogP contribution in [0.25, 0.3) is 0 Å². The summed E-state index contributed by atoms with van der Waals surface area (Å²) < 4.78 is 29.6. The van der Waals surface area contributed by atoms with E-state index in [-0.39, 0.29) is 49.5 Å². The summed E-state index contributed by atoms with van der Waals surface area (Å²) in [6.07, 6.45) is 7.30. The van der Waals surface area contributed by atoms with Crippen molar-refractivity contribution in [1.82, 2.24) is 4.90 Å². The number of allylic oxidation sites excluding steroid dienone is 4. The highest BCUT2D eigenvalue weighted by atomic mass is 16.7. The average Bonchev–Trinajstić information content (AvgIpc) is 3.25. The van der Waals surface area contributed by atoms with Crippen molar-refractivity contribution in [3.05, 3.63) is 36.0 Å². The molecule has 0 aromatic rings. The second-order valence-electron chi connectivity index (χ2n) is 18.3. The van der Waals surface area contributed by atoms with Crippen LogP contribution >= 0.6 is 0 Å². The average molecular weight is 878 g/mol. The van der Waals surface area contributed by atoms with Crippen LogP contribution in [0.4, 0.5) is 0 Å². The molecule has 2 bridgehead atoms. The molecular formula is C49H83NO12. The molecule has 3 N–H and O–H groups in total. The zero-order valence-corrected chi connectivity index (χ0v) is 40.1. The lowest BCUT2D eigenvalue weighted by molar-refractivity contribution is -0.302. The molecule has 62 heavy (non-hydrogen) atoms. The molecule has 0 aromatic heterocycles. The van der Waals surface area contributed by atoms with Crippen LogP contribution in [0, 0.1) is 29.6 Å². The van der Waals surface area contributed by atoms with Crippen LogP contribution in [-0.2, 0) is 42.9 Å². The normalized spacial score (nSPS) is 38.0. The molecule has 1 unspecified atom stereocenters. The molecule has 0 radical (unpaired) electrons. The van der Waals surface area contributed by atoms with Crippen LogP contribution in [0.3, 0.4) is 0 Å². The Labute approximate surface area is 373 Å². The molecule has 3 fully saturated rings. The first-order valence-electron chi connectivity index (χ1n) is 23.2. The zero-order valence-electron chi connectivity index (χ0n) is 40.1. The van der Waals surface area contributed by atoms with E-state index < -0.39 is 83.9 Å². The molecule has 1 aliphatic carbocycles. The van der Waals surface area contributed by atoms with Gasteiger partial charge >= 0.3 is 5.97 Å². The minimum Gasteiger partial charge on any atom is -0.456 e. The van der Waals surface area contributed by atoms with Gasteiger partial charge in [0.25, 0.3) is 11.7 Å². The van der Waals surface area contributed by atoms with Gasteiger partial charge < -0.3 is 43.9 Å². The Morgan fingerprint density at radius 1 is 0.887 bits per heavy atom. The van der Waals surface area contributed by atoms with Crippen molar-refractivity contribution in [2.45, 2.75) is 194 Å². The number of rotatable bonds is 6. The number of ketones is 2. The number of fused-ring (bicyclic) bond motifs is 3. The Balaban J connectivity index is 0.00000176. The Morgan fingerprint density at radius 3 is 2.06 bits per heavy atom. The van der Waals surface area contributed by atoms with E-state index in [0.29, 0.717) is 50.5 Å². The summed E-state index contributed by atoms with van der Waals surface area (Å²) in [6, 6.07) is -1.13. The Hall–Kier alpha value is -2.78. The summed E-state index contributed by atoms with van der Waals surface area (Å²) in [4.78, 5) is 57.3. The van der Waals surface area contributed by atoms with E-state index in [4.69, 9.17) is 23.7 Å². The van der Waals surface area contributed by atoms with Gasteiger partial charge in [-0.25, -0.2) is 4.79 Å². The van der Waals surface area contributed by atoms with E-state index in [2.05, 4.69) is 27.4 Å². The number of carbonyl (C=O) groups excluding carboxylic acids is 4. The van der Waals surface area contributed by atoms with Crippen molar-refractivity contribution < 1.29 is 58.2 Å². The minimum atomic E-state index is -2.50. The molecule has 2 saturated heterocycles. The summed E-state index contributed by atoms with van der Waals surface area (Å²) in [6.45, 7) is 20.9. The predicted octanol–water partition coefficient (Wildman–Crippen LogP) is 7.08. The van der Waals surface area contributed by atoms with E-state index in [9.17, 15) is 34.5 Å². The summed E-state index contributed by atoms with van der Waals surface area (Å²) in [5, 5.41) is 33.9. The number of ether oxygens (including phenoxy) is 5. The number of piperidine rings is 1. The standard InChI is InChI=1S/C42H67NO12.C4H8.C3H8/c1-23-16-24(2)18-35(52-8)38-36(53-9)20-27(5)42(50,55-38)39(47)40(48)43-15-11-10-12-30(43)41(49)54-37(28(6)33(46)22-32(45)25(3)17-23)26(4)19-29-13-14-31(44)34(21-29)51-7;1-3-4-2;1-3-2/h17,19,24-25,27-31,33-38,44,46,50H,10-16,18,20-22H2,1-9H3;3H,1,4H2,2H3;3H2,1-2H3/b23-17+,26-19+;;/t24-,25-,27+,28+,29+,30-,31+,33-,34-,35-,36-,37?,38+,42+;;/m0../s1. The van der Waals surface area contributed by atoms with Gasteiger partial charge in [-0.2, -0.15) is 0 Å². The minimum absolute atomic E-state index is 0.00142. The number of hydrogen-bond acceptors (Lipinski definition) is 12. The van der Waals surface area contributed by atoms with Crippen LogP contribution in [0.15, 0.2) is 36.0 Å². The van der Waals surface area contributed by atoms with Gasteiger partial charge in [0.15, 0.2) is 0 Å². The summed E-state index contributed by atoms with van der Waals surface area (Å²) in [5.74, 6) is -7.59. The van der Waals surface area contributed by atoms with Gasteiger partial charge in [-0.05, 0) is 95.5 Å². The van der Waals surface area contributed by atoms with Crippen molar-refractivity contribution in [1.29, 1.82) is 0 Å². The van der Waals surface area contributed by atoms with Gasteiger partial charge in [0.05, 0.1) is 30.5 Å². The fourth-order valence-electron chi connectivity index (χ4n) is 9.16. The highest BCUT2D eigenvalue weighted by Crippen LogP contribution is 2.39. The van der Waals surface area contributed by atoms with E-state index in [1.807, 2.05) is 39.0 Å². The maximum atomic E-state index is 14.2. The number of esters is 1. The topological polar surface area (TPSA) is 178 Å². The van der Waals surface area contributed by atoms with E-state index in [1.165, 1.54) is 25.5 Å². The number of cyclic esters (lactones) is 1. The Bertz CT molecular complexity index is 1500. The van der Waals surface area contributed by atoms with Gasteiger partial charge in [0.1, 0.15) is 24.0 Å². The smallest absolute Gasteiger partial charge is 0.329 e. The fraction of sp³-hybridized carbons (Fsp3) is 0.796. The second kappa shape index (κ2) is 26.9. The van der Waals surface area contributed by atoms with E-state index in [0.717, 1.165) is 12.0 Å². The van der Waals surface area contributed by atoms with Crippen molar-refractivity contribution in [3.63, 3.8) is 0 Å². The molecule has 13 nitrogen and oxygen atoms in total. The number of amides is 1. The second-order valence-corrected chi connectivity index (χ2v) is 18.3. The SMILES string of the molecule is C=CCC.CCC.CO[C@H]1C[C@@H](C)C/C(C)=C/[C@H](C)C(=O)C[C@H](O)[C@@H](C)C(/C(C)=C/[C@H]2CC[C@@H](O)[C@@H](OC)C2)OC(=O)[C@@H]2CCCCN2C(=O)C(=O)[C@]2(O)O[C@H]1[C@@H](OC)C[C@H]2C. The quantitative estimate of drug-likeness (QED) is 0.141. The van der Waals surface area contributed by atoms with Gasteiger partial charge in [-0.1, -0.05) is 78.7 Å². The number of aliphatic hydroxyl groups excluding tert-OH is 2. The van der Waals surface area contributed by atoms with Crippen molar-refractivity contribution in [2.75, 3.05) is 27.9 Å². The first-order chi connectivity index (χ1) is 29.3. The first-order valence-corrected chi connectivity index (χ1v) is 23.2. The highest BCUT2D eigenvalue weighted by molar-refractivity contribution is 6.39. The van der Waals surface area contributed by atoms with Crippen molar-refractivity contribution in [3.8, 4) is 0 Å². The number of methoxy groups -OCH3 is 3. The monoisotopic (exact) mass is 878 g/mol. The molecule has 14 atom stereocenters. The van der Waals surface area contributed by atoms with Crippen LogP contribution in [0.2, 0.25) is 0 Å². The molecule has 1 saturated carbocycles. The van der Waals surface area contributed by atoms with Crippen LogP contribution in [-0.4, -0.2) is 126 Å². The van der Waals surface area contributed by atoms with Crippen LogP contribution < -0.4 is 0 Å². The number of aliphatic hydroxyl groups is 3. The van der Waals surface area contributed by atoms with E-state index in [1.54, 1.807) is 27.9 Å². The molecule has 0 spiro atoms. The van der Waals surface area contributed by atoms with Gasteiger partial charge in [0, 0.05) is 52.0 Å². The van der Waals surface area contributed by atoms with Gasteiger partial charge in [-0.15, -0.1) is 6.58 Å². The summed E-state index contributed by atoms with van der Waals surface area (Å²) in [7, 11) is 4.62. The Morgan fingerprint density at radius 2 is 1.48 bits per heavy atom. The molecular weight excluding hydrogens is 795 g/mol. The fourth-order valence-corrected chi connectivity index (χ4v) is 9.16. The molecule has 356 valence electrons.